The van der Waals surface area contributed by atoms with Gasteiger partial charge in [-0.3, -0.25) is 4.79 Å². The molecule has 2 N–H and O–H groups in total. The summed E-state index contributed by atoms with van der Waals surface area (Å²) in [6.45, 7) is 3.46. The number of benzene rings is 2. The van der Waals surface area contributed by atoms with Gasteiger partial charge in [-0.15, -0.1) is 0 Å². The van der Waals surface area contributed by atoms with Crippen LogP contribution in [0.1, 0.15) is 13.8 Å². The first kappa shape index (κ1) is 22.9. The fourth-order valence-electron chi connectivity index (χ4n) is 2.46. The van der Waals surface area contributed by atoms with Crippen molar-refractivity contribution in [2.24, 2.45) is 0 Å². The summed E-state index contributed by atoms with van der Waals surface area (Å²) < 4.78 is 49.8. The third kappa shape index (κ3) is 5.78. The lowest BCUT2D eigenvalue weighted by atomic mass is 10.3. The van der Waals surface area contributed by atoms with Crippen LogP contribution < -0.4 is 10.6 Å². The molecule has 10 heteroatoms. The number of rotatable bonds is 8. The molecule has 2 aromatic carbocycles. The van der Waals surface area contributed by atoms with Crippen LogP contribution in [0.2, 0.25) is 0 Å². The smallest absolute Gasteiger partial charge is 0.243 e. The minimum absolute atomic E-state index is 0.0391. The second-order valence-electron chi connectivity index (χ2n) is 6.81. The number of nitrogens with zero attached hydrogens (tertiary/aromatic N) is 1. The molecule has 0 aliphatic heterocycles. The molecule has 0 saturated heterocycles. The van der Waals surface area contributed by atoms with E-state index in [0.717, 1.165) is 6.26 Å². The lowest BCUT2D eigenvalue weighted by Gasteiger charge is -2.21. The van der Waals surface area contributed by atoms with Crippen molar-refractivity contribution >= 4 is 37.1 Å². The molecular weight excluding hydrogens is 414 g/mol. The molecule has 0 fully saturated rings. The number of sulfonamides is 1. The van der Waals surface area contributed by atoms with Gasteiger partial charge in [0, 0.05) is 25.0 Å². The predicted molar refractivity (Wildman–Crippen MR) is 113 cm³/mol. The third-order valence-electron chi connectivity index (χ3n) is 4.27. The first-order valence-electron chi connectivity index (χ1n) is 8.84. The Bertz CT molecular complexity index is 1080. The van der Waals surface area contributed by atoms with Crippen molar-refractivity contribution < 1.29 is 21.6 Å². The fourth-order valence-corrected chi connectivity index (χ4v) is 4.67. The average molecular weight is 440 g/mol. The highest BCUT2D eigenvalue weighted by molar-refractivity contribution is 7.91. The molecule has 2 rings (SSSR count). The summed E-state index contributed by atoms with van der Waals surface area (Å²) in [6, 6.07) is 12.0. The van der Waals surface area contributed by atoms with Crippen molar-refractivity contribution in [2.75, 3.05) is 30.5 Å². The normalized spacial score (nSPS) is 12.2. The molecule has 0 heterocycles. The zero-order valence-corrected chi connectivity index (χ0v) is 18.3. The van der Waals surface area contributed by atoms with Crippen LogP contribution in [0.25, 0.3) is 0 Å². The van der Waals surface area contributed by atoms with Gasteiger partial charge in [-0.2, -0.15) is 4.31 Å². The standard InChI is InChI=1S/C19H25N3O5S2/c1-14(2)22(3)29(26,27)16-11-9-15(10-12-16)20-13-19(23)21-17-7-5-6-8-18(17)28(4,24)25/h5-12,14,20H,13H2,1-4H3,(H,21,23). The monoisotopic (exact) mass is 439 g/mol. The van der Waals surface area contributed by atoms with Crippen molar-refractivity contribution in [1.82, 2.24) is 4.31 Å². The van der Waals surface area contributed by atoms with Gasteiger partial charge >= 0.3 is 0 Å². The Morgan fingerprint density at radius 2 is 1.59 bits per heavy atom. The summed E-state index contributed by atoms with van der Waals surface area (Å²) in [7, 11) is -5.53. The van der Waals surface area contributed by atoms with E-state index in [9.17, 15) is 21.6 Å². The number of anilines is 2. The maximum Gasteiger partial charge on any atom is 0.243 e. The maximum absolute atomic E-state index is 12.5. The molecule has 1 amide bonds. The molecule has 0 aliphatic rings. The summed E-state index contributed by atoms with van der Waals surface area (Å²) >= 11 is 0. The number of nitrogens with one attached hydrogen (secondary N) is 2. The van der Waals surface area contributed by atoms with Gasteiger partial charge < -0.3 is 10.6 Å². The fraction of sp³-hybridized carbons (Fsp3) is 0.316. The van der Waals surface area contributed by atoms with E-state index in [2.05, 4.69) is 10.6 Å². The summed E-state index contributed by atoms with van der Waals surface area (Å²) in [5, 5.41) is 5.45. The van der Waals surface area contributed by atoms with Gasteiger partial charge in [0.1, 0.15) is 0 Å². The quantitative estimate of drug-likeness (QED) is 0.652. The highest BCUT2D eigenvalue weighted by Crippen LogP contribution is 2.21. The average Bonchev–Trinajstić information content (AvgIpc) is 2.65. The van der Waals surface area contributed by atoms with Crippen LogP contribution in [0.3, 0.4) is 0 Å². The van der Waals surface area contributed by atoms with Crippen molar-refractivity contribution in [1.29, 1.82) is 0 Å². The van der Waals surface area contributed by atoms with E-state index in [-0.39, 0.29) is 28.1 Å². The second-order valence-corrected chi connectivity index (χ2v) is 10.8. The highest BCUT2D eigenvalue weighted by atomic mass is 32.2. The largest absolute Gasteiger partial charge is 0.376 e. The molecule has 0 aromatic heterocycles. The zero-order chi connectivity index (χ0) is 21.8. The van der Waals surface area contributed by atoms with Crippen LogP contribution in [0.5, 0.6) is 0 Å². The Balaban J connectivity index is 2.04. The summed E-state index contributed by atoms with van der Waals surface area (Å²) in [4.78, 5) is 12.4. The van der Waals surface area contributed by atoms with E-state index in [4.69, 9.17) is 0 Å². The highest BCUT2D eigenvalue weighted by Gasteiger charge is 2.22. The number of para-hydroxylation sites is 1. The number of carbonyl (C=O) groups is 1. The predicted octanol–water partition coefficient (Wildman–Crippen LogP) is 2.17. The van der Waals surface area contributed by atoms with Gasteiger partial charge in [-0.1, -0.05) is 12.1 Å². The lowest BCUT2D eigenvalue weighted by Crippen LogP contribution is -2.33. The van der Waals surface area contributed by atoms with E-state index in [1.54, 1.807) is 38.1 Å². The van der Waals surface area contributed by atoms with E-state index in [1.165, 1.54) is 35.6 Å². The molecule has 158 valence electrons. The Morgan fingerprint density at radius 1 is 1.00 bits per heavy atom. The van der Waals surface area contributed by atoms with E-state index >= 15 is 0 Å². The minimum Gasteiger partial charge on any atom is -0.376 e. The van der Waals surface area contributed by atoms with Gasteiger partial charge in [0.2, 0.25) is 15.9 Å². The molecule has 0 spiro atoms. The third-order valence-corrected chi connectivity index (χ3v) is 7.47. The van der Waals surface area contributed by atoms with Crippen LogP contribution in [-0.2, 0) is 24.7 Å². The Kier molecular flexibility index (Phi) is 7.04. The van der Waals surface area contributed by atoms with Crippen molar-refractivity contribution in [3.05, 3.63) is 48.5 Å². The molecule has 0 aliphatic carbocycles. The number of hydrogen-bond donors (Lipinski definition) is 2. The van der Waals surface area contributed by atoms with Crippen LogP contribution in [0.4, 0.5) is 11.4 Å². The van der Waals surface area contributed by atoms with Crippen LogP contribution in [-0.4, -0.2) is 52.9 Å². The van der Waals surface area contributed by atoms with Crippen molar-refractivity contribution in [3.63, 3.8) is 0 Å². The molecular formula is C19H25N3O5S2. The number of hydrogen-bond acceptors (Lipinski definition) is 6. The van der Waals surface area contributed by atoms with Gasteiger partial charge in [-0.05, 0) is 50.2 Å². The van der Waals surface area contributed by atoms with Gasteiger partial charge in [0.05, 0.1) is 22.0 Å². The number of sulfone groups is 1. The lowest BCUT2D eigenvalue weighted by molar-refractivity contribution is -0.114. The van der Waals surface area contributed by atoms with Crippen LogP contribution in [0.15, 0.2) is 58.3 Å². The molecule has 0 atom stereocenters. The van der Waals surface area contributed by atoms with E-state index in [0.29, 0.717) is 5.69 Å². The summed E-state index contributed by atoms with van der Waals surface area (Å²) in [5.74, 6) is -0.433. The first-order chi connectivity index (χ1) is 13.4. The van der Waals surface area contributed by atoms with Gasteiger partial charge in [-0.25, -0.2) is 16.8 Å². The first-order valence-corrected chi connectivity index (χ1v) is 12.2. The molecule has 0 saturated carbocycles. The minimum atomic E-state index is -3.58. The molecule has 29 heavy (non-hydrogen) atoms. The van der Waals surface area contributed by atoms with E-state index < -0.39 is 25.8 Å². The summed E-state index contributed by atoms with van der Waals surface area (Å²) in [5.41, 5.74) is 0.766. The van der Waals surface area contributed by atoms with E-state index in [1.807, 2.05) is 0 Å². The molecule has 2 aromatic rings. The van der Waals surface area contributed by atoms with Crippen molar-refractivity contribution in [3.8, 4) is 0 Å². The van der Waals surface area contributed by atoms with Gasteiger partial charge in [0.25, 0.3) is 0 Å². The molecule has 0 unspecified atom stereocenters. The van der Waals surface area contributed by atoms with Crippen LogP contribution in [0, 0.1) is 0 Å². The Labute approximate surface area is 171 Å². The van der Waals surface area contributed by atoms with Crippen molar-refractivity contribution in [2.45, 2.75) is 29.7 Å². The van der Waals surface area contributed by atoms with Gasteiger partial charge in [0.15, 0.2) is 9.84 Å². The second kappa shape index (κ2) is 8.93. The van der Waals surface area contributed by atoms with Crippen LogP contribution >= 0.6 is 0 Å². The molecule has 0 bridgehead atoms. The maximum atomic E-state index is 12.5. The SMILES string of the molecule is CC(C)N(C)S(=O)(=O)c1ccc(NCC(=O)Nc2ccccc2S(C)(=O)=O)cc1. The zero-order valence-electron chi connectivity index (χ0n) is 16.7. The summed E-state index contributed by atoms with van der Waals surface area (Å²) in [6.07, 6.45) is 1.07. The topological polar surface area (TPSA) is 113 Å². The Hall–Kier alpha value is -2.43. The number of carbonyl (C=O) groups excluding carboxylic acids is 1. The number of amides is 1. The molecule has 0 radical (unpaired) electrons. The Morgan fingerprint density at radius 3 is 2.14 bits per heavy atom. The molecule has 8 nitrogen and oxygen atoms in total.